The van der Waals surface area contributed by atoms with E-state index in [-0.39, 0.29) is 92.6 Å². The van der Waals surface area contributed by atoms with E-state index in [1.165, 1.54) is 25.5 Å². The quantitative estimate of drug-likeness (QED) is 0.0284. The fourth-order valence-corrected chi connectivity index (χ4v) is 15.0. The summed E-state index contributed by atoms with van der Waals surface area (Å²) >= 11 is 1.47. The molecule has 31 nitrogen and oxygen atoms in total. The normalized spacial score (nSPS) is 16.7. The predicted octanol–water partition coefficient (Wildman–Crippen LogP) is 6.85. The minimum atomic E-state index is -1.50. The molecule has 12 atom stereocenters. The van der Waals surface area contributed by atoms with Gasteiger partial charge < -0.3 is 90.0 Å². The summed E-state index contributed by atoms with van der Waals surface area (Å²) in [6.07, 6.45) is 3.05. The molecule has 5 rings (SSSR count). The van der Waals surface area contributed by atoms with Crippen molar-refractivity contribution in [2.24, 2.45) is 29.6 Å². The minimum absolute atomic E-state index is 0.0349. The lowest BCUT2D eigenvalue weighted by molar-refractivity contribution is -0.148. The number of rotatable bonds is 53. The van der Waals surface area contributed by atoms with Crippen LogP contribution in [-0.2, 0) is 87.5 Å². The molecule has 0 radical (unpaired) electrons. The molecule has 116 heavy (non-hydrogen) atoms. The van der Waals surface area contributed by atoms with Crippen molar-refractivity contribution < 1.29 is 85.9 Å². The molecule has 2 saturated heterocycles. The number of amides is 11. The van der Waals surface area contributed by atoms with Gasteiger partial charge >= 0.3 is 6.09 Å². The van der Waals surface area contributed by atoms with Crippen LogP contribution in [0.3, 0.4) is 0 Å². The second-order valence-corrected chi connectivity index (χ2v) is 32.1. The van der Waals surface area contributed by atoms with Gasteiger partial charge in [-0.3, -0.25) is 52.8 Å². The maximum atomic E-state index is 15.1. The van der Waals surface area contributed by atoms with E-state index in [0.29, 0.717) is 123 Å². The summed E-state index contributed by atoms with van der Waals surface area (Å²) in [6.45, 7) is 25.4. The molecule has 2 aliphatic heterocycles. The topological polar surface area (TPSA) is 366 Å². The summed E-state index contributed by atoms with van der Waals surface area (Å²) < 4.78 is 40.7. The highest BCUT2D eigenvalue weighted by molar-refractivity contribution is 7.09. The summed E-state index contributed by atoms with van der Waals surface area (Å²) in [4.78, 5) is 166. The number of hydrogen-bond donors (Lipinski definition) is 7. The lowest BCUT2D eigenvalue weighted by Crippen LogP contribution is -2.60. The Kier molecular flexibility index (Phi) is 44.5. The van der Waals surface area contributed by atoms with Gasteiger partial charge in [0, 0.05) is 116 Å². The minimum Gasteiger partial charge on any atom is -0.431 e. The van der Waals surface area contributed by atoms with E-state index in [1.807, 2.05) is 77.4 Å². The van der Waals surface area contributed by atoms with Crippen molar-refractivity contribution in [2.45, 2.75) is 214 Å². The number of benzene rings is 2. The number of thiazole rings is 1. The predicted molar refractivity (Wildman–Crippen MR) is 442 cm³/mol. The first kappa shape index (κ1) is 98.3. The van der Waals surface area contributed by atoms with Crippen LogP contribution < -0.4 is 37.2 Å². The first-order valence-corrected chi connectivity index (χ1v) is 42.3. The first-order valence-electron chi connectivity index (χ1n) is 41.4. The molecule has 3 aromatic rings. The smallest absolute Gasteiger partial charge is 0.411 e. The molecular formula is C84H135N13O18S. The van der Waals surface area contributed by atoms with Gasteiger partial charge in [0.05, 0.1) is 95.5 Å². The Hall–Kier alpha value is -8.24. The number of nitrogens with one attached hydrogen (secondary N) is 7. The lowest BCUT2D eigenvalue weighted by atomic mass is 9.89. The molecule has 0 saturated carbocycles. The number of ether oxygens (including phenoxy) is 7. The number of unbranched alkanes of at least 4 members (excludes halogenated alkanes) is 1. The molecule has 650 valence electrons. The van der Waals surface area contributed by atoms with Crippen LogP contribution in [0.25, 0.3) is 0 Å². The number of likely N-dealkylation sites (N-methyl/N-ethyl adjacent to an activating group) is 3. The first-order chi connectivity index (χ1) is 55.5. The fourth-order valence-electron chi connectivity index (χ4n) is 14.3. The molecule has 11 amide bonds. The van der Waals surface area contributed by atoms with Crippen LogP contribution in [-0.4, -0.2) is 277 Å². The average molecular weight is 1650 g/mol. The maximum absolute atomic E-state index is 15.1. The molecule has 2 fully saturated rings. The van der Waals surface area contributed by atoms with Crippen molar-refractivity contribution in [1.29, 1.82) is 0 Å². The molecular weight excluding hydrogens is 1510 g/mol. The third-order valence-electron chi connectivity index (χ3n) is 21.2. The van der Waals surface area contributed by atoms with Crippen molar-refractivity contribution in [3.63, 3.8) is 0 Å². The maximum Gasteiger partial charge on any atom is 0.411 e. The third kappa shape index (κ3) is 32.2. The standard InChI is InChI=1S/C84H135N13O18S/c1-17-20-28-63(89-79(104)71(55(4)5)91-69(100)35-44-111-46-48-113-50-51-114-49-47-112-45-37-86-68(99)34-36-85-67(98)25-18-2)78(103)88-62-32-30-61(31-33-62)76(83(107)96-42-40-93(12)41-43-96)115-84(108)95(14)73(57(8)9)80(105)92-72(56(6)7)82(106)94(13)74(58(10)19-3)66(109-15)54-70(101)97-39-24-29-65(97)75(110-16)59(11)77(102)90-64(81-87-38-52-116-81)53-60-26-22-21-23-27-60/h21-23,26-27,30-33,38,52,55-59,63-66,71-76H,17-20,24-25,28-29,34-37,39-51,53-54H2,1-16H3,(H,85,98)(H,86,99)(H,88,103)(H,89,104)(H,90,102)(H,91,100)(H,92,105)/t58-,59+,63?,64-,65-,66+,71-,72?,73-,74-,75+,76?/m0/s1. The summed E-state index contributed by atoms with van der Waals surface area (Å²) in [7, 11) is 8.06. The SMILES string of the molecule is CCCCC(NC(=O)[C@@H](NC(=O)CCOCCOCCOCCOCCNC(=O)CCNC(=O)CCC)C(C)C)C(=O)Nc1ccc(C(OC(=O)N(C)[C@H](C(=O)NC(C(=O)N(C)[C@@H]([C@@H](C)CC)[C@@H](CC(=O)N2CCC[C@H]2[C@H](OC)[C@@H](C)C(=O)N[C@@H](Cc2ccccc2)c2nccs2)OC)C(C)C)C(C)C)C(=O)N2CCN(C)CC2)cc1. The zero-order valence-corrected chi connectivity index (χ0v) is 72.4. The second-order valence-electron chi connectivity index (χ2n) is 31.1. The monoisotopic (exact) mass is 1650 g/mol. The van der Waals surface area contributed by atoms with E-state index < -0.39 is 114 Å². The number of likely N-dealkylation sites (tertiary alicyclic amines) is 1. The Morgan fingerprint density at radius 2 is 1.23 bits per heavy atom. The number of hydrogen-bond acceptors (Lipinski definition) is 21. The Bertz CT molecular complexity index is 3480. The van der Waals surface area contributed by atoms with Crippen molar-refractivity contribution >= 4 is 82.2 Å². The molecule has 0 aliphatic carbocycles. The van der Waals surface area contributed by atoms with Crippen molar-refractivity contribution in [2.75, 3.05) is 139 Å². The van der Waals surface area contributed by atoms with E-state index in [9.17, 15) is 47.9 Å². The van der Waals surface area contributed by atoms with Crippen LogP contribution in [0.4, 0.5) is 10.5 Å². The van der Waals surface area contributed by atoms with E-state index >= 15 is 4.79 Å². The molecule has 3 heterocycles. The summed E-state index contributed by atoms with van der Waals surface area (Å²) in [5.74, 6) is -5.99. The Balaban J connectivity index is 1.17. The molecule has 32 heteroatoms. The van der Waals surface area contributed by atoms with Gasteiger partial charge in [-0.15, -0.1) is 11.3 Å². The van der Waals surface area contributed by atoms with Crippen molar-refractivity contribution in [3.05, 3.63) is 82.3 Å². The van der Waals surface area contributed by atoms with Gasteiger partial charge in [-0.25, -0.2) is 9.78 Å². The van der Waals surface area contributed by atoms with Crippen LogP contribution in [0, 0.1) is 29.6 Å². The summed E-state index contributed by atoms with van der Waals surface area (Å²) in [5.41, 5.74) is 1.63. The number of methoxy groups -OCH3 is 2. The summed E-state index contributed by atoms with van der Waals surface area (Å²) in [6, 6.07) is 10.4. The van der Waals surface area contributed by atoms with Crippen LogP contribution >= 0.6 is 11.3 Å². The zero-order valence-electron chi connectivity index (χ0n) is 71.5. The lowest BCUT2D eigenvalue weighted by Gasteiger charge is -2.41. The fraction of sp³-hybridized carbons (Fsp3) is 0.690. The van der Waals surface area contributed by atoms with Crippen molar-refractivity contribution in [1.82, 2.24) is 61.4 Å². The van der Waals surface area contributed by atoms with Gasteiger partial charge in [-0.1, -0.05) is 138 Å². The summed E-state index contributed by atoms with van der Waals surface area (Å²) in [5, 5.41) is 22.9. The molecule has 0 bridgehead atoms. The van der Waals surface area contributed by atoms with Gasteiger partial charge in [-0.05, 0) is 80.5 Å². The Labute approximate surface area is 691 Å². The highest BCUT2D eigenvalue weighted by atomic mass is 32.1. The number of nitrogens with zero attached hydrogens (tertiary/aromatic N) is 6. The van der Waals surface area contributed by atoms with Crippen LogP contribution in [0.1, 0.15) is 175 Å². The molecule has 0 spiro atoms. The average Bonchev–Trinajstić information content (AvgIpc) is 1.43. The van der Waals surface area contributed by atoms with Crippen LogP contribution in [0.5, 0.6) is 0 Å². The zero-order chi connectivity index (χ0) is 85.4. The van der Waals surface area contributed by atoms with E-state index in [2.05, 4.69) is 47.1 Å². The molecule has 2 aromatic carbocycles. The second kappa shape index (κ2) is 52.5. The number of anilines is 1. The molecule has 3 unspecified atom stereocenters. The van der Waals surface area contributed by atoms with Crippen molar-refractivity contribution in [3.8, 4) is 0 Å². The largest absolute Gasteiger partial charge is 0.431 e. The van der Waals surface area contributed by atoms with Gasteiger partial charge in [0.15, 0.2) is 0 Å². The van der Waals surface area contributed by atoms with Gasteiger partial charge in [-0.2, -0.15) is 0 Å². The van der Waals surface area contributed by atoms with E-state index in [1.54, 1.807) is 101 Å². The number of carbonyl (C=O) groups excluding carboxylic acids is 11. The molecule has 2 aliphatic rings. The van der Waals surface area contributed by atoms with Crippen LogP contribution in [0.2, 0.25) is 0 Å². The van der Waals surface area contributed by atoms with E-state index in [4.69, 9.17) is 33.2 Å². The Morgan fingerprint density at radius 3 is 1.81 bits per heavy atom. The van der Waals surface area contributed by atoms with Gasteiger partial charge in [0.2, 0.25) is 59.3 Å². The number of carbonyl (C=O) groups is 11. The molecule has 7 N–H and O–H groups in total. The van der Waals surface area contributed by atoms with E-state index in [0.717, 1.165) is 28.3 Å². The van der Waals surface area contributed by atoms with Crippen LogP contribution in [0.15, 0.2) is 66.2 Å². The number of aromatic nitrogens is 1. The highest BCUT2D eigenvalue weighted by Gasteiger charge is 2.45. The molecule has 1 aromatic heterocycles. The number of piperazine rings is 1. The highest BCUT2D eigenvalue weighted by Crippen LogP contribution is 2.32. The van der Waals surface area contributed by atoms with Gasteiger partial charge in [0.25, 0.3) is 5.91 Å². The van der Waals surface area contributed by atoms with Gasteiger partial charge in [0.1, 0.15) is 29.2 Å². The Morgan fingerprint density at radius 1 is 0.612 bits per heavy atom. The third-order valence-corrected chi connectivity index (χ3v) is 22.1.